The Hall–Kier alpha value is -3.40. The molecule has 0 N–H and O–H groups in total. The SMILES string of the molecule is CC(Cc1cccc2ccccc12)c1cc2c(nn1)Oc1ccccc1O2. The molecule has 4 heteroatoms. The van der Waals surface area contributed by atoms with Crippen LogP contribution >= 0.6 is 0 Å². The van der Waals surface area contributed by atoms with Gasteiger partial charge in [-0.2, -0.15) is 5.10 Å². The van der Waals surface area contributed by atoms with Gasteiger partial charge in [-0.25, -0.2) is 0 Å². The van der Waals surface area contributed by atoms with Crippen LogP contribution in [0, 0.1) is 0 Å². The average molecular weight is 354 g/mol. The second-order valence-electron chi connectivity index (χ2n) is 6.83. The molecule has 0 amide bonds. The van der Waals surface area contributed by atoms with Crippen molar-refractivity contribution < 1.29 is 9.47 Å². The lowest BCUT2D eigenvalue weighted by Crippen LogP contribution is -2.07. The molecule has 0 bridgehead atoms. The Labute approximate surface area is 157 Å². The van der Waals surface area contributed by atoms with E-state index in [-0.39, 0.29) is 5.92 Å². The molecule has 4 nitrogen and oxygen atoms in total. The van der Waals surface area contributed by atoms with E-state index in [9.17, 15) is 0 Å². The Morgan fingerprint density at radius 3 is 2.41 bits per heavy atom. The third kappa shape index (κ3) is 2.89. The van der Waals surface area contributed by atoms with Crippen LogP contribution in [0.25, 0.3) is 10.8 Å². The number of para-hydroxylation sites is 2. The van der Waals surface area contributed by atoms with E-state index in [1.54, 1.807) is 0 Å². The zero-order valence-electron chi connectivity index (χ0n) is 14.9. The molecular formula is C23H18N2O2. The summed E-state index contributed by atoms with van der Waals surface area (Å²) in [4.78, 5) is 0. The first kappa shape index (κ1) is 15.8. The Kier molecular flexibility index (Phi) is 3.75. The molecule has 0 saturated heterocycles. The van der Waals surface area contributed by atoms with Crippen LogP contribution in [0.1, 0.15) is 24.1 Å². The molecule has 3 aromatic carbocycles. The summed E-state index contributed by atoms with van der Waals surface area (Å²) in [5.74, 6) is 2.59. The number of nitrogens with zero attached hydrogens (tertiary/aromatic N) is 2. The predicted molar refractivity (Wildman–Crippen MR) is 105 cm³/mol. The molecule has 5 rings (SSSR count). The van der Waals surface area contributed by atoms with Crippen LogP contribution in [0.15, 0.2) is 72.8 Å². The maximum absolute atomic E-state index is 5.96. The molecule has 0 aliphatic carbocycles. The van der Waals surface area contributed by atoms with E-state index in [0.29, 0.717) is 23.1 Å². The lowest BCUT2D eigenvalue weighted by atomic mass is 9.94. The average Bonchev–Trinajstić information content (AvgIpc) is 2.72. The molecule has 0 spiro atoms. The summed E-state index contributed by atoms with van der Waals surface area (Å²) >= 11 is 0. The maximum Gasteiger partial charge on any atom is 0.282 e. The number of aromatic nitrogens is 2. The van der Waals surface area contributed by atoms with E-state index < -0.39 is 0 Å². The molecule has 4 aromatic rings. The largest absolute Gasteiger partial charge is 0.448 e. The summed E-state index contributed by atoms with van der Waals surface area (Å²) in [6.07, 6.45) is 0.881. The fraction of sp³-hybridized carbons (Fsp3) is 0.130. The van der Waals surface area contributed by atoms with Gasteiger partial charge in [0.25, 0.3) is 5.88 Å². The minimum atomic E-state index is 0.203. The molecular weight excluding hydrogens is 336 g/mol. The summed E-state index contributed by atoms with van der Waals surface area (Å²) in [5.41, 5.74) is 2.20. The van der Waals surface area contributed by atoms with Crippen molar-refractivity contribution in [1.82, 2.24) is 10.2 Å². The van der Waals surface area contributed by atoms with Gasteiger partial charge in [-0.1, -0.05) is 61.5 Å². The lowest BCUT2D eigenvalue weighted by molar-refractivity contribution is 0.341. The third-order valence-electron chi connectivity index (χ3n) is 4.93. The molecule has 0 radical (unpaired) electrons. The fourth-order valence-corrected chi connectivity index (χ4v) is 3.51. The van der Waals surface area contributed by atoms with Crippen molar-refractivity contribution in [2.75, 3.05) is 0 Å². The quantitative estimate of drug-likeness (QED) is 0.406. The van der Waals surface area contributed by atoms with E-state index in [0.717, 1.165) is 12.1 Å². The molecule has 0 saturated carbocycles. The topological polar surface area (TPSA) is 44.2 Å². The van der Waals surface area contributed by atoms with Crippen LogP contribution in [0.4, 0.5) is 0 Å². The Morgan fingerprint density at radius 2 is 1.52 bits per heavy atom. The summed E-state index contributed by atoms with van der Waals surface area (Å²) in [5, 5.41) is 11.2. The first-order chi connectivity index (χ1) is 13.3. The molecule has 1 atom stereocenters. The number of fused-ring (bicyclic) bond motifs is 3. The van der Waals surface area contributed by atoms with E-state index in [2.05, 4.69) is 59.6 Å². The summed E-state index contributed by atoms with van der Waals surface area (Å²) in [7, 11) is 0. The maximum atomic E-state index is 5.96. The van der Waals surface area contributed by atoms with Crippen molar-refractivity contribution >= 4 is 10.8 Å². The number of benzene rings is 3. The second-order valence-corrected chi connectivity index (χ2v) is 6.83. The Balaban J connectivity index is 1.44. The van der Waals surface area contributed by atoms with Crippen LogP contribution in [0.5, 0.6) is 23.1 Å². The molecule has 27 heavy (non-hydrogen) atoms. The summed E-state index contributed by atoms with van der Waals surface area (Å²) in [6, 6.07) is 24.4. The van der Waals surface area contributed by atoms with E-state index in [4.69, 9.17) is 9.47 Å². The minimum absolute atomic E-state index is 0.203. The van der Waals surface area contributed by atoms with Gasteiger partial charge >= 0.3 is 0 Å². The Bertz CT molecular complexity index is 1130. The van der Waals surface area contributed by atoms with Crippen molar-refractivity contribution in [3.63, 3.8) is 0 Å². The van der Waals surface area contributed by atoms with Gasteiger partial charge in [0, 0.05) is 12.0 Å². The van der Waals surface area contributed by atoms with E-state index in [1.165, 1.54) is 16.3 Å². The second kappa shape index (κ2) is 6.40. The van der Waals surface area contributed by atoms with Crippen LogP contribution in [-0.4, -0.2) is 10.2 Å². The first-order valence-corrected chi connectivity index (χ1v) is 9.07. The summed E-state index contributed by atoms with van der Waals surface area (Å²) in [6.45, 7) is 2.16. The molecule has 132 valence electrons. The van der Waals surface area contributed by atoms with Crippen LogP contribution in [0.3, 0.4) is 0 Å². The van der Waals surface area contributed by atoms with Crippen LogP contribution < -0.4 is 9.47 Å². The first-order valence-electron chi connectivity index (χ1n) is 9.07. The van der Waals surface area contributed by atoms with Gasteiger partial charge < -0.3 is 9.47 Å². The highest BCUT2D eigenvalue weighted by atomic mass is 16.6. The molecule has 0 fully saturated rings. The smallest absolute Gasteiger partial charge is 0.282 e. The fourth-order valence-electron chi connectivity index (χ4n) is 3.51. The van der Waals surface area contributed by atoms with Gasteiger partial charge in [-0.15, -0.1) is 5.10 Å². The molecule has 1 aliphatic heterocycles. The number of rotatable bonds is 3. The van der Waals surface area contributed by atoms with Gasteiger partial charge in [0.1, 0.15) is 0 Å². The third-order valence-corrected chi connectivity index (χ3v) is 4.93. The minimum Gasteiger partial charge on any atom is -0.448 e. The lowest BCUT2D eigenvalue weighted by Gasteiger charge is -2.20. The predicted octanol–water partition coefficient (Wildman–Crippen LogP) is 5.87. The standard InChI is InChI=1S/C23H18N2O2/c1-15(13-17-9-6-8-16-7-2-3-10-18(16)17)19-14-22-23(25-24-19)27-21-12-5-4-11-20(21)26-22/h2-12,14-15H,13H2,1H3. The van der Waals surface area contributed by atoms with Crippen LogP contribution in [0.2, 0.25) is 0 Å². The van der Waals surface area contributed by atoms with Gasteiger partial charge in [0.2, 0.25) is 0 Å². The van der Waals surface area contributed by atoms with Crippen molar-refractivity contribution in [1.29, 1.82) is 0 Å². The zero-order chi connectivity index (χ0) is 18.2. The highest BCUT2D eigenvalue weighted by molar-refractivity contribution is 5.85. The summed E-state index contributed by atoms with van der Waals surface area (Å²) < 4.78 is 11.8. The molecule has 1 unspecified atom stereocenters. The van der Waals surface area contributed by atoms with Crippen molar-refractivity contribution in [3.05, 3.63) is 84.1 Å². The van der Waals surface area contributed by atoms with E-state index in [1.807, 2.05) is 30.3 Å². The molecule has 1 aliphatic rings. The number of hydrogen-bond acceptors (Lipinski definition) is 4. The van der Waals surface area contributed by atoms with Crippen molar-refractivity contribution in [2.45, 2.75) is 19.3 Å². The van der Waals surface area contributed by atoms with Crippen LogP contribution in [-0.2, 0) is 6.42 Å². The van der Waals surface area contributed by atoms with Gasteiger partial charge in [0.05, 0.1) is 5.69 Å². The van der Waals surface area contributed by atoms with Gasteiger partial charge in [-0.05, 0) is 34.9 Å². The molecule has 1 aromatic heterocycles. The van der Waals surface area contributed by atoms with Crippen molar-refractivity contribution in [2.24, 2.45) is 0 Å². The van der Waals surface area contributed by atoms with Crippen molar-refractivity contribution in [3.8, 4) is 23.1 Å². The van der Waals surface area contributed by atoms with Gasteiger partial charge in [0.15, 0.2) is 17.2 Å². The highest BCUT2D eigenvalue weighted by Crippen LogP contribution is 2.44. The monoisotopic (exact) mass is 354 g/mol. The van der Waals surface area contributed by atoms with E-state index >= 15 is 0 Å². The van der Waals surface area contributed by atoms with Gasteiger partial charge in [-0.3, -0.25) is 0 Å². The Morgan fingerprint density at radius 1 is 0.778 bits per heavy atom. The highest BCUT2D eigenvalue weighted by Gasteiger charge is 2.22. The zero-order valence-corrected chi connectivity index (χ0v) is 14.9. The normalized spacial score (nSPS) is 13.2. The molecule has 2 heterocycles. The number of hydrogen-bond donors (Lipinski definition) is 0. The number of ether oxygens (including phenoxy) is 2.